The highest BCUT2D eigenvalue weighted by Gasteiger charge is 2.28. The number of nitrogens with one attached hydrogen (secondary N) is 1. The first kappa shape index (κ1) is 26.2. The summed E-state index contributed by atoms with van der Waals surface area (Å²) >= 11 is 1.36. The standard InChI is InChI=1S/C27H31N5O4S/c1-4-35-21-7-5-6-20(15-21)18(2)14-25(33)30-26-23(16-28)22-8-10-32(17-24(22)37-26)27(34)36-13-12-31-11-9-29-19(31)3/h5-7,9,11,15,18H,4,8,10,12-14,17H2,1-3H3,(H,30,33). The first-order chi connectivity index (χ1) is 17.9. The fourth-order valence-electron chi connectivity index (χ4n) is 4.38. The van der Waals surface area contributed by atoms with E-state index < -0.39 is 0 Å². The maximum atomic E-state index is 12.9. The first-order valence-electron chi connectivity index (χ1n) is 12.4. The SMILES string of the molecule is CCOc1cccc(C(C)CC(=O)Nc2sc3c(c2C#N)CCN(C(=O)OCCn2ccnc2C)C3)c1. The Morgan fingerprint density at radius 3 is 2.92 bits per heavy atom. The number of aryl methyl sites for hydroxylation is 1. The predicted molar refractivity (Wildman–Crippen MR) is 141 cm³/mol. The van der Waals surface area contributed by atoms with Gasteiger partial charge in [0.2, 0.25) is 5.91 Å². The van der Waals surface area contributed by atoms with Crippen LogP contribution in [0.2, 0.25) is 0 Å². The highest BCUT2D eigenvalue weighted by molar-refractivity contribution is 7.16. The zero-order valence-corrected chi connectivity index (χ0v) is 22.1. The van der Waals surface area contributed by atoms with Crippen molar-refractivity contribution in [2.24, 2.45) is 0 Å². The van der Waals surface area contributed by atoms with Crippen molar-refractivity contribution < 1.29 is 19.1 Å². The maximum absolute atomic E-state index is 12.9. The number of imidazole rings is 1. The average Bonchev–Trinajstić information content (AvgIpc) is 3.45. The number of carbonyl (C=O) groups is 2. The zero-order valence-electron chi connectivity index (χ0n) is 21.3. The van der Waals surface area contributed by atoms with Gasteiger partial charge in [0.15, 0.2) is 0 Å². The number of anilines is 1. The Hall–Kier alpha value is -3.84. The smallest absolute Gasteiger partial charge is 0.410 e. The van der Waals surface area contributed by atoms with Crippen molar-refractivity contribution >= 4 is 28.3 Å². The van der Waals surface area contributed by atoms with Gasteiger partial charge in [-0.2, -0.15) is 5.26 Å². The fourth-order valence-corrected chi connectivity index (χ4v) is 5.61. The molecule has 0 spiro atoms. The molecule has 0 radical (unpaired) electrons. The van der Waals surface area contributed by atoms with Crippen LogP contribution in [0, 0.1) is 18.3 Å². The number of hydrogen-bond acceptors (Lipinski definition) is 7. The van der Waals surface area contributed by atoms with Gasteiger partial charge in [-0.1, -0.05) is 19.1 Å². The Kier molecular flexibility index (Phi) is 8.46. The van der Waals surface area contributed by atoms with E-state index >= 15 is 0 Å². The minimum atomic E-state index is -0.385. The van der Waals surface area contributed by atoms with Gasteiger partial charge in [0.25, 0.3) is 0 Å². The van der Waals surface area contributed by atoms with Crippen LogP contribution in [0.1, 0.15) is 53.6 Å². The predicted octanol–water partition coefficient (Wildman–Crippen LogP) is 4.85. The molecule has 0 saturated carbocycles. The molecule has 2 aromatic heterocycles. The van der Waals surface area contributed by atoms with Gasteiger partial charge < -0.3 is 24.3 Å². The van der Waals surface area contributed by atoms with Gasteiger partial charge >= 0.3 is 6.09 Å². The molecule has 1 aliphatic heterocycles. The summed E-state index contributed by atoms with van der Waals surface area (Å²) in [5.41, 5.74) is 2.41. The van der Waals surface area contributed by atoms with E-state index in [2.05, 4.69) is 16.4 Å². The third kappa shape index (κ3) is 6.30. The second-order valence-electron chi connectivity index (χ2n) is 8.93. The van der Waals surface area contributed by atoms with Crippen LogP contribution in [0.3, 0.4) is 0 Å². The van der Waals surface area contributed by atoms with E-state index in [1.807, 2.05) is 55.8 Å². The molecule has 1 N–H and O–H groups in total. The average molecular weight is 522 g/mol. The van der Waals surface area contributed by atoms with Gasteiger partial charge in [0.1, 0.15) is 29.3 Å². The van der Waals surface area contributed by atoms with Crippen molar-refractivity contribution in [2.75, 3.05) is 25.1 Å². The Balaban J connectivity index is 1.35. The van der Waals surface area contributed by atoms with Crippen LogP contribution in [0.4, 0.5) is 9.80 Å². The molecular formula is C27H31N5O4S. The molecular weight excluding hydrogens is 490 g/mol. The van der Waals surface area contributed by atoms with Gasteiger partial charge in [0, 0.05) is 30.2 Å². The molecule has 4 rings (SSSR count). The number of nitrogens with zero attached hydrogens (tertiary/aromatic N) is 4. The van der Waals surface area contributed by atoms with E-state index in [-0.39, 0.29) is 30.9 Å². The molecule has 1 atom stereocenters. The number of fused-ring (bicyclic) bond motifs is 1. The van der Waals surface area contributed by atoms with Crippen molar-refractivity contribution in [3.63, 3.8) is 0 Å². The molecule has 10 heteroatoms. The third-order valence-corrected chi connectivity index (χ3v) is 7.52. The molecule has 9 nitrogen and oxygen atoms in total. The molecule has 194 valence electrons. The van der Waals surface area contributed by atoms with E-state index in [1.54, 1.807) is 11.1 Å². The van der Waals surface area contributed by atoms with Gasteiger partial charge in [-0.25, -0.2) is 9.78 Å². The van der Waals surface area contributed by atoms with Gasteiger partial charge in [-0.05, 0) is 49.4 Å². The normalized spacial score (nSPS) is 13.4. The quantitative estimate of drug-likeness (QED) is 0.431. The van der Waals surface area contributed by atoms with E-state index in [0.29, 0.717) is 43.2 Å². The maximum Gasteiger partial charge on any atom is 0.410 e. The molecule has 1 aliphatic rings. The van der Waals surface area contributed by atoms with E-state index in [1.165, 1.54) is 11.3 Å². The Bertz CT molecular complexity index is 1310. The summed E-state index contributed by atoms with van der Waals surface area (Å²) in [4.78, 5) is 32.2. The van der Waals surface area contributed by atoms with E-state index in [0.717, 1.165) is 27.6 Å². The number of benzene rings is 1. The second kappa shape index (κ2) is 11.9. The summed E-state index contributed by atoms with van der Waals surface area (Å²) in [5, 5.41) is 13.3. The van der Waals surface area contributed by atoms with Crippen LogP contribution >= 0.6 is 11.3 Å². The lowest BCUT2D eigenvalue weighted by molar-refractivity contribution is -0.116. The Labute approximate surface area is 220 Å². The van der Waals surface area contributed by atoms with Crippen molar-refractivity contribution in [2.45, 2.75) is 52.6 Å². The molecule has 37 heavy (non-hydrogen) atoms. The minimum Gasteiger partial charge on any atom is -0.494 e. The van der Waals surface area contributed by atoms with Crippen molar-refractivity contribution in [3.05, 3.63) is 64.1 Å². The van der Waals surface area contributed by atoms with Crippen molar-refractivity contribution in [1.82, 2.24) is 14.5 Å². The zero-order chi connectivity index (χ0) is 26.4. The number of ether oxygens (including phenoxy) is 2. The molecule has 3 heterocycles. The molecule has 0 bridgehead atoms. The summed E-state index contributed by atoms with van der Waals surface area (Å²) in [5.74, 6) is 1.47. The van der Waals surface area contributed by atoms with Gasteiger partial charge in [-0.3, -0.25) is 4.79 Å². The molecule has 2 amide bonds. The number of rotatable bonds is 9. The van der Waals surface area contributed by atoms with Crippen molar-refractivity contribution in [1.29, 1.82) is 5.26 Å². The van der Waals surface area contributed by atoms with Crippen LogP contribution < -0.4 is 10.1 Å². The summed E-state index contributed by atoms with van der Waals surface area (Å²) in [6.45, 7) is 8.01. The number of thiophene rings is 1. The van der Waals surface area contributed by atoms with Crippen molar-refractivity contribution in [3.8, 4) is 11.8 Å². The van der Waals surface area contributed by atoms with E-state index in [9.17, 15) is 14.9 Å². The number of nitriles is 1. The minimum absolute atomic E-state index is 0.0168. The molecule has 0 fully saturated rings. The Morgan fingerprint density at radius 1 is 1.35 bits per heavy atom. The Morgan fingerprint density at radius 2 is 2.19 bits per heavy atom. The van der Waals surface area contributed by atoms with Crippen LogP contribution in [0.5, 0.6) is 5.75 Å². The van der Waals surface area contributed by atoms with Gasteiger partial charge in [-0.15, -0.1) is 11.3 Å². The lowest BCUT2D eigenvalue weighted by Gasteiger charge is -2.26. The highest BCUT2D eigenvalue weighted by atomic mass is 32.1. The first-order valence-corrected chi connectivity index (χ1v) is 13.2. The number of aromatic nitrogens is 2. The highest BCUT2D eigenvalue weighted by Crippen LogP contribution is 2.37. The molecule has 3 aromatic rings. The molecule has 1 unspecified atom stereocenters. The number of hydrogen-bond donors (Lipinski definition) is 1. The van der Waals surface area contributed by atoms with Crippen LogP contribution in [0.15, 0.2) is 36.7 Å². The molecule has 0 aliphatic carbocycles. The number of amides is 2. The lowest BCUT2D eigenvalue weighted by Crippen LogP contribution is -2.36. The summed E-state index contributed by atoms with van der Waals surface area (Å²) in [7, 11) is 0. The molecule has 0 saturated heterocycles. The summed E-state index contributed by atoms with van der Waals surface area (Å²) in [6, 6.07) is 10.0. The largest absolute Gasteiger partial charge is 0.494 e. The van der Waals surface area contributed by atoms with Gasteiger partial charge in [0.05, 0.1) is 25.3 Å². The topological polar surface area (TPSA) is 109 Å². The van der Waals surface area contributed by atoms with E-state index in [4.69, 9.17) is 9.47 Å². The van der Waals surface area contributed by atoms with Crippen LogP contribution in [-0.2, 0) is 29.0 Å². The monoisotopic (exact) mass is 521 g/mol. The fraction of sp³-hybridized carbons (Fsp3) is 0.407. The second-order valence-corrected chi connectivity index (χ2v) is 10.0. The summed E-state index contributed by atoms with van der Waals surface area (Å²) < 4.78 is 13.0. The number of carbonyl (C=O) groups excluding carboxylic acids is 2. The lowest BCUT2D eigenvalue weighted by atomic mass is 9.97. The summed E-state index contributed by atoms with van der Waals surface area (Å²) in [6.07, 6.45) is 3.99. The third-order valence-electron chi connectivity index (χ3n) is 6.39. The van der Waals surface area contributed by atoms with Crippen LogP contribution in [0.25, 0.3) is 0 Å². The van der Waals surface area contributed by atoms with Crippen LogP contribution in [-0.4, -0.2) is 46.2 Å². The molecule has 1 aromatic carbocycles.